The Morgan fingerprint density at radius 1 is 1.40 bits per heavy atom. The Morgan fingerprint density at radius 2 is 2.15 bits per heavy atom. The molecule has 0 bridgehead atoms. The first kappa shape index (κ1) is 14.6. The van der Waals surface area contributed by atoms with Crippen molar-refractivity contribution >= 4 is 17.5 Å². The molecule has 3 nitrogen and oxygen atoms in total. The average molecular weight is 295 g/mol. The van der Waals surface area contributed by atoms with E-state index in [1.807, 2.05) is 30.7 Å². The van der Waals surface area contributed by atoms with Gasteiger partial charge in [0.1, 0.15) is 11.5 Å². The predicted molar refractivity (Wildman–Crippen MR) is 77.4 cm³/mol. The van der Waals surface area contributed by atoms with Gasteiger partial charge in [-0.25, -0.2) is 4.39 Å². The van der Waals surface area contributed by atoms with Crippen LogP contribution in [-0.2, 0) is 13.1 Å². The van der Waals surface area contributed by atoms with Crippen molar-refractivity contribution in [1.82, 2.24) is 9.88 Å². The van der Waals surface area contributed by atoms with Crippen LogP contribution in [0.5, 0.6) is 0 Å². The van der Waals surface area contributed by atoms with E-state index < -0.39 is 5.82 Å². The van der Waals surface area contributed by atoms with Crippen molar-refractivity contribution in [1.29, 1.82) is 0 Å². The molecule has 1 amide bonds. The second-order valence-corrected chi connectivity index (χ2v) is 4.92. The Balaban J connectivity index is 2.15. The van der Waals surface area contributed by atoms with Crippen LogP contribution < -0.4 is 5.32 Å². The first-order chi connectivity index (χ1) is 9.54. The van der Waals surface area contributed by atoms with E-state index in [1.54, 1.807) is 6.07 Å². The van der Waals surface area contributed by atoms with E-state index in [9.17, 15) is 9.18 Å². The fraction of sp³-hybridized carbons (Fsp3) is 0.267. The van der Waals surface area contributed by atoms with Crippen LogP contribution in [0.25, 0.3) is 0 Å². The van der Waals surface area contributed by atoms with Gasteiger partial charge in [-0.15, -0.1) is 0 Å². The zero-order valence-electron chi connectivity index (χ0n) is 11.4. The molecule has 2 aromatic rings. The zero-order valence-corrected chi connectivity index (χ0v) is 12.2. The third-order valence-corrected chi connectivity index (χ3v) is 3.56. The molecule has 0 saturated carbocycles. The summed E-state index contributed by atoms with van der Waals surface area (Å²) in [4.78, 5) is 12.2. The second kappa shape index (κ2) is 6.09. The van der Waals surface area contributed by atoms with Crippen molar-refractivity contribution < 1.29 is 9.18 Å². The monoisotopic (exact) mass is 294 g/mol. The molecular weight excluding hydrogens is 279 g/mol. The lowest BCUT2D eigenvalue weighted by Crippen LogP contribution is -2.26. The highest BCUT2D eigenvalue weighted by molar-refractivity contribution is 6.31. The number of hydrogen-bond acceptors (Lipinski definition) is 1. The summed E-state index contributed by atoms with van der Waals surface area (Å²) >= 11 is 5.93. The lowest BCUT2D eigenvalue weighted by molar-refractivity contribution is 0.0941. The zero-order chi connectivity index (χ0) is 14.7. The van der Waals surface area contributed by atoms with E-state index in [0.29, 0.717) is 22.8 Å². The summed E-state index contributed by atoms with van der Waals surface area (Å²) in [7, 11) is 0. The summed E-state index contributed by atoms with van der Waals surface area (Å²) in [5.41, 5.74) is 1.79. The molecule has 0 fully saturated rings. The summed E-state index contributed by atoms with van der Waals surface area (Å²) in [6.07, 6.45) is 1.86. The molecule has 0 aliphatic heterocycles. The third kappa shape index (κ3) is 2.85. The molecule has 20 heavy (non-hydrogen) atoms. The van der Waals surface area contributed by atoms with Gasteiger partial charge in [0.05, 0.1) is 0 Å². The van der Waals surface area contributed by atoms with Crippen molar-refractivity contribution in [3.8, 4) is 0 Å². The Morgan fingerprint density at radius 3 is 2.80 bits per heavy atom. The first-order valence-corrected chi connectivity index (χ1v) is 6.79. The summed E-state index contributed by atoms with van der Waals surface area (Å²) in [5.74, 6) is -0.644. The Kier molecular flexibility index (Phi) is 4.45. The molecule has 2 rings (SSSR count). The van der Waals surface area contributed by atoms with E-state index >= 15 is 0 Å². The van der Waals surface area contributed by atoms with Gasteiger partial charge < -0.3 is 9.88 Å². The minimum Gasteiger partial charge on any atom is -0.347 e. The number of rotatable bonds is 4. The second-order valence-electron chi connectivity index (χ2n) is 4.52. The molecule has 1 aromatic heterocycles. The van der Waals surface area contributed by atoms with Crippen molar-refractivity contribution in [2.45, 2.75) is 26.9 Å². The maximum atomic E-state index is 13.6. The van der Waals surface area contributed by atoms with E-state index in [2.05, 4.69) is 5.32 Å². The fourth-order valence-electron chi connectivity index (χ4n) is 2.11. The Hall–Kier alpha value is -1.81. The number of carbonyl (C=O) groups is 1. The molecule has 0 atom stereocenters. The van der Waals surface area contributed by atoms with Crippen LogP contribution in [0, 0.1) is 12.7 Å². The molecule has 1 aromatic carbocycles. The lowest BCUT2D eigenvalue weighted by Gasteiger charge is -2.10. The Labute approximate surface area is 122 Å². The minimum atomic E-state index is -0.416. The molecule has 0 aliphatic rings. The van der Waals surface area contributed by atoms with E-state index in [4.69, 9.17) is 11.6 Å². The van der Waals surface area contributed by atoms with Gasteiger partial charge in [0.15, 0.2) is 0 Å². The molecule has 0 saturated heterocycles. The summed E-state index contributed by atoms with van der Waals surface area (Å²) in [6, 6.07) is 6.35. The van der Waals surface area contributed by atoms with Crippen molar-refractivity contribution in [3.05, 3.63) is 58.1 Å². The summed E-state index contributed by atoms with van der Waals surface area (Å²) in [6.45, 7) is 4.61. The number of hydrogen-bond donors (Lipinski definition) is 1. The SMILES string of the molecule is CCn1ccc(C)c1C(=O)NCc1c(F)cccc1Cl. The summed E-state index contributed by atoms with van der Waals surface area (Å²) in [5, 5.41) is 3.03. The van der Waals surface area contributed by atoms with Gasteiger partial charge in [-0.1, -0.05) is 17.7 Å². The molecule has 1 N–H and O–H groups in total. The van der Waals surface area contributed by atoms with Crippen LogP contribution in [0.1, 0.15) is 28.5 Å². The first-order valence-electron chi connectivity index (χ1n) is 6.41. The van der Waals surface area contributed by atoms with Crippen molar-refractivity contribution in [2.24, 2.45) is 0 Å². The predicted octanol–water partition coefficient (Wildman–Crippen LogP) is 3.54. The van der Waals surface area contributed by atoms with Crippen molar-refractivity contribution in [3.63, 3.8) is 0 Å². The number of nitrogens with one attached hydrogen (secondary N) is 1. The number of nitrogens with zero attached hydrogens (tertiary/aromatic N) is 1. The van der Waals surface area contributed by atoms with Crippen LogP contribution >= 0.6 is 11.6 Å². The van der Waals surface area contributed by atoms with Crippen molar-refractivity contribution in [2.75, 3.05) is 0 Å². The molecule has 1 heterocycles. The van der Waals surface area contributed by atoms with Gasteiger partial charge in [-0.3, -0.25) is 4.79 Å². The van der Waals surface area contributed by atoms with E-state index in [-0.39, 0.29) is 12.5 Å². The maximum absolute atomic E-state index is 13.6. The fourth-order valence-corrected chi connectivity index (χ4v) is 2.34. The lowest BCUT2D eigenvalue weighted by atomic mass is 10.2. The smallest absolute Gasteiger partial charge is 0.268 e. The molecule has 5 heteroatoms. The van der Waals surface area contributed by atoms with Crippen LogP contribution in [-0.4, -0.2) is 10.5 Å². The highest BCUT2D eigenvalue weighted by Gasteiger charge is 2.15. The minimum absolute atomic E-state index is 0.0681. The standard InChI is InChI=1S/C15H16ClFN2O/c1-3-19-8-7-10(2)14(19)15(20)18-9-11-12(16)5-4-6-13(11)17/h4-8H,3,9H2,1-2H3,(H,18,20). The number of aryl methyl sites for hydroxylation is 2. The van der Waals surface area contributed by atoms with Gasteiger partial charge in [-0.05, 0) is 37.6 Å². The van der Waals surface area contributed by atoms with Crippen LogP contribution in [0.3, 0.4) is 0 Å². The molecule has 0 aliphatic carbocycles. The van der Waals surface area contributed by atoms with Crippen LogP contribution in [0.15, 0.2) is 30.5 Å². The van der Waals surface area contributed by atoms with Crippen LogP contribution in [0.2, 0.25) is 5.02 Å². The van der Waals surface area contributed by atoms with Gasteiger partial charge in [0, 0.05) is 29.9 Å². The number of aromatic nitrogens is 1. The quantitative estimate of drug-likeness (QED) is 0.919. The molecule has 106 valence electrons. The molecule has 0 unspecified atom stereocenters. The largest absolute Gasteiger partial charge is 0.347 e. The Bertz CT molecular complexity index is 617. The molecular formula is C15H16ClFN2O. The van der Waals surface area contributed by atoms with Gasteiger partial charge in [-0.2, -0.15) is 0 Å². The highest BCUT2D eigenvalue weighted by atomic mass is 35.5. The summed E-state index contributed by atoms with van der Waals surface area (Å²) < 4.78 is 15.5. The number of halogens is 2. The van der Waals surface area contributed by atoms with Gasteiger partial charge >= 0.3 is 0 Å². The molecule has 0 spiro atoms. The average Bonchev–Trinajstić information content (AvgIpc) is 2.79. The number of carbonyl (C=O) groups excluding carboxylic acids is 1. The van der Waals surface area contributed by atoms with E-state index in [1.165, 1.54) is 12.1 Å². The number of benzene rings is 1. The number of amides is 1. The molecule has 0 radical (unpaired) electrons. The van der Waals surface area contributed by atoms with Gasteiger partial charge in [0.25, 0.3) is 5.91 Å². The van der Waals surface area contributed by atoms with E-state index in [0.717, 1.165) is 5.56 Å². The van der Waals surface area contributed by atoms with Gasteiger partial charge in [0.2, 0.25) is 0 Å². The van der Waals surface area contributed by atoms with Crippen LogP contribution in [0.4, 0.5) is 4.39 Å². The highest BCUT2D eigenvalue weighted by Crippen LogP contribution is 2.19. The topological polar surface area (TPSA) is 34.0 Å². The third-order valence-electron chi connectivity index (χ3n) is 3.21. The maximum Gasteiger partial charge on any atom is 0.268 e. The normalized spacial score (nSPS) is 10.6.